The Bertz CT molecular complexity index is 181. The maximum Gasteiger partial charge on any atom is 0.317 e. The first kappa shape index (κ1) is 12.3. The lowest BCUT2D eigenvalue weighted by Crippen LogP contribution is -2.20. The van der Waals surface area contributed by atoms with Gasteiger partial charge in [0.25, 0.3) is 0 Å². The number of thioether (sulfide) groups is 1. The number of aliphatic carboxylic acids is 2. The monoisotopic (exact) mass is 206 g/mol. The summed E-state index contributed by atoms with van der Waals surface area (Å²) in [6, 6.07) is 0. The number of hydrogen-bond donors (Lipinski definition) is 2. The fourth-order valence-corrected chi connectivity index (χ4v) is 1.89. The van der Waals surface area contributed by atoms with Crippen LogP contribution in [0.15, 0.2) is 0 Å². The van der Waals surface area contributed by atoms with E-state index in [0.717, 1.165) is 12.8 Å². The number of unbranched alkanes of at least 4 members (excludes halogenated alkanes) is 1. The molecule has 0 aliphatic carbocycles. The van der Waals surface area contributed by atoms with Crippen LogP contribution in [0.1, 0.15) is 26.2 Å². The standard InChI is InChI=1S/C8H14O4S/c1-2-3-4-13-6(8(11)12)5-7(9)10/h6H,2-5H2,1H3,(H,9,10)(H,11,12)/t6-/m1/s1. The molecule has 0 amide bonds. The van der Waals surface area contributed by atoms with E-state index < -0.39 is 17.2 Å². The minimum Gasteiger partial charge on any atom is -0.481 e. The summed E-state index contributed by atoms with van der Waals surface area (Å²) in [6.45, 7) is 2.01. The predicted octanol–water partition coefficient (Wildman–Crippen LogP) is 1.45. The van der Waals surface area contributed by atoms with E-state index in [1.165, 1.54) is 11.8 Å². The summed E-state index contributed by atoms with van der Waals surface area (Å²) in [6.07, 6.45) is 1.62. The number of carboxylic acid groups (broad SMARTS) is 2. The lowest BCUT2D eigenvalue weighted by atomic mass is 10.3. The molecular weight excluding hydrogens is 192 g/mol. The van der Waals surface area contributed by atoms with Crippen LogP contribution in [-0.4, -0.2) is 33.2 Å². The minimum atomic E-state index is -1.06. The van der Waals surface area contributed by atoms with Gasteiger partial charge in [0.1, 0.15) is 5.25 Å². The molecule has 0 spiro atoms. The highest BCUT2D eigenvalue weighted by molar-refractivity contribution is 8.00. The highest BCUT2D eigenvalue weighted by Crippen LogP contribution is 2.16. The third kappa shape index (κ3) is 6.45. The van der Waals surface area contributed by atoms with E-state index in [1.807, 2.05) is 6.92 Å². The van der Waals surface area contributed by atoms with Gasteiger partial charge in [-0.2, -0.15) is 0 Å². The minimum absolute atomic E-state index is 0.302. The fourth-order valence-electron chi connectivity index (χ4n) is 0.746. The quantitative estimate of drug-likeness (QED) is 0.617. The van der Waals surface area contributed by atoms with Crippen LogP contribution in [0.4, 0.5) is 0 Å². The Morgan fingerprint density at radius 2 is 2.00 bits per heavy atom. The van der Waals surface area contributed by atoms with Crippen LogP contribution in [0.2, 0.25) is 0 Å². The summed E-state index contributed by atoms with van der Waals surface area (Å²) in [7, 11) is 0. The second kappa shape index (κ2) is 6.77. The summed E-state index contributed by atoms with van der Waals surface area (Å²) in [4.78, 5) is 20.8. The molecule has 0 rings (SSSR count). The molecule has 0 aromatic rings. The third-order valence-corrected chi connectivity index (χ3v) is 2.75. The van der Waals surface area contributed by atoms with Gasteiger partial charge in [0, 0.05) is 0 Å². The Labute approximate surface area is 81.3 Å². The Balaban J connectivity index is 3.81. The molecule has 0 heterocycles. The largest absolute Gasteiger partial charge is 0.481 e. The highest BCUT2D eigenvalue weighted by atomic mass is 32.2. The van der Waals surface area contributed by atoms with Crippen molar-refractivity contribution in [1.82, 2.24) is 0 Å². The van der Waals surface area contributed by atoms with Gasteiger partial charge in [0.15, 0.2) is 0 Å². The van der Waals surface area contributed by atoms with Crippen LogP contribution < -0.4 is 0 Å². The summed E-state index contributed by atoms with van der Waals surface area (Å²) in [5.74, 6) is -1.39. The molecule has 0 radical (unpaired) electrons. The SMILES string of the molecule is CCCCS[C@H](CC(=O)O)C(=O)O. The molecule has 0 saturated heterocycles. The van der Waals surface area contributed by atoms with E-state index in [1.54, 1.807) is 0 Å². The fraction of sp³-hybridized carbons (Fsp3) is 0.750. The van der Waals surface area contributed by atoms with Crippen molar-refractivity contribution in [3.8, 4) is 0 Å². The van der Waals surface area contributed by atoms with Gasteiger partial charge in [0.05, 0.1) is 6.42 Å². The molecule has 0 fully saturated rings. The lowest BCUT2D eigenvalue weighted by molar-refractivity contribution is -0.142. The van der Waals surface area contributed by atoms with Gasteiger partial charge in [-0.05, 0) is 12.2 Å². The molecule has 76 valence electrons. The Morgan fingerprint density at radius 1 is 1.38 bits per heavy atom. The molecule has 2 N–H and O–H groups in total. The normalized spacial score (nSPS) is 12.4. The molecule has 0 bridgehead atoms. The number of carbonyl (C=O) groups is 2. The summed E-state index contributed by atoms with van der Waals surface area (Å²) >= 11 is 1.20. The van der Waals surface area contributed by atoms with Crippen molar-refractivity contribution in [1.29, 1.82) is 0 Å². The van der Waals surface area contributed by atoms with Gasteiger partial charge in [-0.25, -0.2) is 0 Å². The molecule has 0 aromatic heterocycles. The highest BCUT2D eigenvalue weighted by Gasteiger charge is 2.20. The van der Waals surface area contributed by atoms with Gasteiger partial charge in [-0.3, -0.25) is 9.59 Å². The van der Waals surface area contributed by atoms with Gasteiger partial charge < -0.3 is 10.2 Å². The molecule has 0 aromatic carbocycles. The van der Waals surface area contributed by atoms with Crippen LogP contribution in [0.5, 0.6) is 0 Å². The number of carboxylic acids is 2. The van der Waals surface area contributed by atoms with Crippen LogP contribution in [0.3, 0.4) is 0 Å². The first-order valence-electron chi connectivity index (χ1n) is 4.14. The summed E-state index contributed by atoms with van der Waals surface area (Å²) in [5, 5.41) is 16.2. The van der Waals surface area contributed by atoms with Crippen molar-refractivity contribution in [2.75, 3.05) is 5.75 Å². The first-order chi connectivity index (χ1) is 6.07. The van der Waals surface area contributed by atoms with Gasteiger partial charge >= 0.3 is 11.9 Å². The van der Waals surface area contributed by atoms with Crippen LogP contribution in [0.25, 0.3) is 0 Å². The molecule has 0 unspecified atom stereocenters. The maximum atomic E-state index is 10.5. The van der Waals surface area contributed by atoms with Crippen LogP contribution in [-0.2, 0) is 9.59 Å². The third-order valence-electron chi connectivity index (χ3n) is 1.45. The van der Waals surface area contributed by atoms with Gasteiger partial charge in [-0.1, -0.05) is 13.3 Å². The molecule has 1 atom stereocenters. The number of hydrogen-bond acceptors (Lipinski definition) is 3. The zero-order valence-corrected chi connectivity index (χ0v) is 8.34. The smallest absolute Gasteiger partial charge is 0.317 e. The summed E-state index contributed by atoms with van der Waals surface area (Å²) in [5.41, 5.74) is 0. The van der Waals surface area contributed by atoms with Crippen molar-refractivity contribution in [2.24, 2.45) is 0 Å². The second-order valence-corrected chi connectivity index (χ2v) is 3.96. The Kier molecular flexibility index (Phi) is 6.40. The topological polar surface area (TPSA) is 74.6 Å². The van der Waals surface area contributed by atoms with Crippen molar-refractivity contribution in [3.05, 3.63) is 0 Å². The second-order valence-electron chi connectivity index (χ2n) is 2.65. The van der Waals surface area contributed by atoms with E-state index in [-0.39, 0.29) is 6.42 Å². The molecule has 5 heteroatoms. The Hall–Kier alpha value is -0.710. The van der Waals surface area contributed by atoms with Crippen LogP contribution >= 0.6 is 11.8 Å². The molecule has 0 aliphatic rings. The van der Waals surface area contributed by atoms with E-state index in [0.29, 0.717) is 5.75 Å². The number of rotatable bonds is 7. The molecule has 0 aliphatic heterocycles. The van der Waals surface area contributed by atoms with Crippen molar-refractivity contribution in [2.45, 2.75) is 31.4 Å². The van der Waals surface area contributed by atoms with Gasteiger partial charge in [-0.15, -0.1) is 11.8 Å². The van der Waals surface area contributed by atoms with Crippen molar-refractivity contribution < 1.29 is 19.8 Å². The average molecular weight is 206 g/mol. The van der Waals surface area contributed by atoms with E-state index in [4.69, 9.17) is 10.2 Å². The van der Waals surface area contributed by atoms with Crippen LogP contribution in [0, 0.1) is 0 Å². The average Bonchev–Trinajstić information content (AvgIpc) is 2.02. The molecule has 0 saturated carbocycles. The predicted molar refractivity (Wildman–Crippen MR) is 51.0 cm³/mol. The lowest BCUT2D eigenvalue weighted by Gasteiger charge is -2.08. The zero-order valence-electron chi connectivity index (χ0n) is 7.52. The van der Waals surface area contributed by atoms with Crippen molar-refractivity contribution >= 4 is 23.7 Å². The van der Waals surface area contributed by atoms with E-state index in [9.17, 15) is 9.59 Å². The van der Waals surface area contributed by atoms with E-state index >= 15 is 0 Å². The van der Waals surface area contributed by atoms with E-state index in [2.05, 4.69) is 0 Å². The van der Waals surface area contributed by atoms with Crippen molar-refractivity contribution in [3.63, 3.8) is 0 Å². The van der Waals surface area contributed by atoms with Gasteiger partial charge in [0.2, 0.25) is 0 Å². The molecular formula is C8H14O4S. The Morgan fingerprint density at radius 3 is 2.38 bits per heavy atom. The first-order valence-corrected chi connectivity index (χ1v) is 5.19. The molecule has 13 heavy (non-hydrogen) atoms. The summed E-state index contributed by atoms with van der Waals surface area (Å²) < 4.78 is 0. The maximum absolute atomic E-state index is 10.5. The zero-order chi connectivity index (χ0) is 10.3. The molecule has 4 nitrogen and oxygen atoms in total.